The van der Waals surface area contributed by atoms with Gasteiger partial charge in [-0.25, -0.2) is 0 Å². The Bertz CT molecular complexity index is 3300. The van der Waals surface area contributed by atoms with Crippen molar-refractivity contribution in [2.45, 2.75) is 6.42 Å². The number of fused-ring (bicyclic) bond motifs is 12. The van der Waals surface area contributed by atoms with E-state index in [0.29, 0.717) is 0 Å². The van der Waals surface area contributed by atoms with Crippen molar-refractivity contribution in [3.8, 4) is 44.5 Å². The highest BCUT2D eigenvalue weighted by molar-refractivity contribution is 6.26. The Balaban J connectivity index is 1.14. The highest BCUT2D eigenvalue weighted by Gasteiger charge is 2.26. The first kappa shape index (κ1) is 29.6. The van der Waals surface area contributed by atoms with E-state index in [2.05, 4.69) is 182 Å². The second-order valence-corrected chi connectivity index (χ2v) is 14.7. The molecule has 0 bridgehead atoms. The van der Waals surface area contributed by atoms with E-state index in [1.807, 2.05) is 0 Å². The quantitative estimate of drug-likeness (QED) is 0.133. The molecule has 1 aliphatic rings. The van der Waals surface area contributed by atoms with E-state index < -0.39 is 0 Å². The minimum atomic E-state index is 0.919. The van der Waals surface area contributed by atoms with Crippen molar-refractivity contribution < 1.29 is 4.42 Å². The van der Waals surface area contributed by atoms with E-state index in [9.17, 15) is 0 Å². The molecule has 0 amide bonds. The number of para-hydroxylation sites is 1. The molecule has 0 spiro atoms. The molecule has 1 heteroatoms. The van der Waals surface area contributed by atoms with Crippen molar-refractivity contribution in [3.05, 3.63) is 193 Å². The Morgan fingerprint density at radius 2 is 0.944 bits per heavy atom. The summed E-state index contributed by atoms with van der Waals surface area (Å²) in [6.07, 6.45) is 0.919. The highest BCUT2D eigenvalue weighted by atomic mass is 16.3. The maximum Gasteiger partial charge on any atom is 0.143 e. The maximum absolute atomic E-state index is 6.78. The normalized spacial score (nSPS) is 12.4. The highest BCUT2D eigenvalue weighted by Crippen LogP contribution is 2.50. The third-order valence-corrected chi connectivity index (χ3v) is 11.9. The standard InChI is InChI=1S/C53H32O/c1-3-18-36-33(14-1)29-47(39-21-6-5-20-38(36)39)51-42-24-9-7-22-40(42)50(41-23-8-10-25-43(41)51)35-17-13-16-32(28-35)45-31-46-37-19-4-2-15-34(37)30-48(46)52-44-26-11-12-27-49(44)54-53(45)52/h1-29,31H,30H2. The zero-order valence-corrected chi connectivity index (χ0v) is 29.4. The largest absolute Gasteiger partial charge is 0.455 e. The van der Waals surface area contributed by atoms with Gasteiger partial charge in [-0.2, -0.15) is 0 Å². The lowest BCUT2D eigenvalue weighted by Gasteiger charge is -2.20. The van der Waals surface area contributed by atoms with Crippen LogP contribution in [0.1, 0.15) is 11.1 Å². The van der Waals surface area contributed by atoms with Crippen molar-refractivity contribution in [3.63, 3.8) is 0 Å². The zero-order valence-electron chi connectivity index (χ0n) is 29.4. The lowest BCUT2D eigenvalue weighted by Crippen LogP contribution is -1.93. The smallest absolute Gasteiger partial charge is 0.143 e. The van der Waals surface area contributed by atoms with Crippen LogP contribution in [0.3, 0.4) is 0 Å². The first-order chi connectivity index (χ1) is 26.8. The van der Waals surface area contributed by atoms with Crippen LogP contribution in [-0.4, -0.2) is 0 Å². The van der Waals surface area contributed by atoms with E-state index in [0.717, 1.165) is 28.7 Å². The van der Waals surface area contributed by atoms with E-state index >= 15 is 0 Å². The number of benzene rings is 10. The van der Waals surface area contributed by atoms with Gasteiger partial charge in [-0.1, -0.05) is 158 Å². The van der Waals surface area contributed by atoms with Crippen LogP contribution in [0.5, 0.6) is 0 Å². The van der Waals surface area contributed by atoms with Crippen LogP contribution in [0.25, 0.3) is 110 Å². The van der Waals surface area contributed by atoms with Crippen LogP contribution in [0.4, 0.5) is 0 Å². The summed E-state index contributed by atoms with van der Waals surface area (Å²) in [6, 6.07) is 66.9. The second-order valence-electron chi connectivity index (χ2n) is 14.7. The summed E-state index contributed by atoms with van der Waals surface area (Å²) in [6.45, 7) is 0. The number of hydrogen-bond acceptors (Lipinski definition) is 1. The molecule has 0 fully saturated rings. The summed E-state index contributed by atoms with van der Waals surface area (Å²) in [4.78, 5) is 0. The van der Waals surface area contributed by atoms with Crippen LogP contribution in [0.2, 0.25) is 0 Å². The van der Waals surface area contributed by atoms with Gasteiger partial charge in [0.15, 0.2) is 0 Å². The van der Waals surface area contributed by atoms with Crippen LogP contribution >= 0.6 is 0 Å². The van der Waals surface area contributed by atoms with Crippen LogP contribution in [-0.2, 0) is 6.42 Å². The van der Waals surface area contributed by atoms with E-state index in [1.165, 1.54) is 98.4 Å². The topological polar surface area (TPSA) is 13.1 Å². The molecule has 0 radical (unpaired) electrons. The SMILES string of the molecule is c1cc(-c2c3ccccc3c(-c3cc4ccccc4c4ccccc34)c3ccccc23)cc(-c2cc3c(c4c2oc2ccccc24)Cc2ccccc2-3)c1. The minimum absolute atomic E-state index is 0.919. The van der Waals surface area contributed by atoms with Gasteiger partial charge in [0.05, 0.1) is 0 Å². The van der Waals surface area contributed by atoms with Crippen LogP contribution < -0.4 is 0 Å². The van der Waals surface area contributed by atoms with Gasteiger partial charge in [0.25, 0.3) is 0 Å². The summed E-state index contributed by atoms with van der Waals surface area (Å²) in [5, 5.41) is 12.5. The maximum atomic E-state index is 6.78. The Kier molecular flexibility index (Phi) is 6.18. The second kappa shape index (κ2) is 11.3. The molecule has 1 aromatic heterocycles. The molecule has 0 unspecified atom stereocenters. The monoisotopic (exact) mass is 684 g/mol. The summed E-state index contributed by atoms with van der Waals surface area (Å²) in [7, 11) is 0. The molecular weight excluding hydrogens is 653 g/mol. The number of hydrogen-bond donors (Lipinski definition) is 0. The van der Waals surface area contributed by atoms with Crippen LogP contribution in [0.15, 0.2) is 186 Å². The van der Waals surface area contributed by atoms with Crippen molar-refractivity contribution in [2.24, 2.45) is 0 Å². The summed E-state index contributed by atoms with van der Waals surface area (Å²) in [5.74, 6) is 0. The zero-order chi connectivity index (χ0) is 35.3. The van der Waals surface area contributed by atoms with Crippen molar-refractivity contribution in [2.75, 3.05) is 0 Å². The predicted octanol–water partition coefficient (Wildman–Crippen LogP) is 14.8. The average molecular weight is 685 g/mol. The Labute approximate surface area is 312 Å². The van der Waals surface area contributed by atoms with Gasteiger partial charge in [-0.3, -0.25) is 0 Å². The Hall–Kier alpha value is -6.96. The fraction of sp³-hybridized carbons (Fsp3) is 0.0189. The molecule has 0 saturated carbocycles. The molecule has 0 saturated heterocycles. The molecule has 10 aromatic carbocycles. The molecule has 0 aliphatic heterocycles. The molecule has 12 rings (SSSR count). The van der Waals surface area contributed by atoms with Crippen molar-refractivity contribution >= 4 is 65.0 Å². The van der Waals surface area contributed by atoms with Crippen molar-refractivity contribution in [1.29, 1.82) is 0 Å². The average Bonchev–Trinajstić information content (AvgIpc) is 3.81. The molecule has 250 valence electrons. The lowest BCUT2D eigenvalue weighted by molar-refractivity contribution is 0.670. The van der Waals surface area contributed by atoms with Gasteiger partial charge in [0.2, 0.25) is 0 Å². The molecule has 0 N–H and O–H groups in total. The molecule has 1 heterocycles. The first-order valence-corrected chi connectivity index (χ1v) is 18.8. The lowest BCUT2D eigenvalue weighted by atomic mass is 9.83. The van der Waals surface area contributed by atoms with Crippen molar-refractivity contribution in [1.82, 2.24) is 0 Å². The predicted molar refractivity (Wildman–Crippen MR) is 228 cm³/mol. The Morgan fingerprint density at radius 1 is 0.352 bits per heavy atom. The van der Waals surface area contributed by atoms with Gasteiger partial charge in [-0.05, 0) is 124 Å². The van der Waals surface area contributed by atoms with E-state index in [-0.39, 0.29) is 0 Å². The summed E-state index contributed by atoms with van der Waals surface area (Å²) in [5.41, 5.74) is 14.6. The first-order valence-electron chi connectivity index (χ1n) is 18.8. The van der Waals surface area contributed by atoms with Gasteiger partial charge in [0, 0.05) is 16.3 Å². The Morgan fingerprint density at radius 3 is 1.72 bits per heavy atom. The summed E-state index contributed by atoms with van der Waals surface area (Å²) < 4.78 is 6.78. The van der Waals surface area contributed by atoms with Gasteiger partial charge in [0.1, 0.15) is 11.2 Å². The van der Waals surface area contributed by atoms with Gasteiger partial charge < -0.3 is 4.42 Å². The fourth-order valence-electron chi connectivity index (χ4n) is 9.57. The van der Waals surface area contributed by atoms with Gasteiger partial charge in [-0.15, -0.1) is 0 Å². The third kappa shape index (κ3) is 4.15. The molecular formula is C53H32O. The number of rotatable bonds is 3. The molecule has 1 nitrogen and oxygen atoms in total. The minimum Gasteiger partial charge on any atom is -0.455 e. The fourth-order valence-corrected chi connectivity index (χ4v) is 9.57. The third-order valence-electron chi connectivity index (χ3n) is 11.9. The van der Waals surface area contributed by atoms with E-state index in [4.69, 9.17) is 4.42 Å². The molecule has 54 heavy (non-hydrogen) atoms. The van der Waals surface area contributed by atoms with Crippen LogP contribution in [0, 0.1) is 0 Å². The molecule has 1 aliphatic carbocycles. The number of furan rings is 1. The molecule has 11 aromatic rings. The molecule has 0 atom stereocenters. The van der Waals surface area contributed by atoms with E-state index in [1.54, 1.807) is 0 Å². The summed E-state index contributed by atoms with van der Waals surface area (Å²) >= 11 is 0. The van der Waals surface area contributed by atoms with Gasteiger partial charge >= 0.3 is 0 Å².